The second kappa shape index (κ2) is 5.84. The number of carbonyl (C=O) groups excluding carboxylic acids is 2. The fourth-order valence-electron chi connectivity index (χ4n) is 1.96. The second-order valence-corrected chi connectivity index (χ2v) is 5.51. The van der Waals surface area contributed by atoms with Crippen LogP contribution in [0.5, 0.6) is 5.75 Å². The third-order valence-corrected chi connectivity index (χ3v) is 3.74. The molecule has 1 fully saturated rings. The molecule has 0 saturated carbocycles. The molecule has 0 aliphatic carbocycles. The van der Waals surface area contributed by atoms with Gasteiger partial charge in [0.1, 0.15) is 5.54 Å². The zero-order chi connectivity index (χ0) is 17.4. The molecule has 1 saturated heterocycles. The SMILES string of the molecule is CC[C@]1(C)NC(=O)N(/N=C\c2cc(Cl)cc([N+](=O)[O-])c2[O-])C1=O. The van der Waals surface area contributed by atoms with Crippen LogP contribution in [0, 0.1) is 10.1 Å². The number of nitro groups is 1. The summed E-state index contributed by atoms with van der Waals surface area (Å²) in [5, 5.41) is 29.4. The van der Waals surface area contributed by atoms with Crippen molar-refractivity contribution in [2.75, 3.05) is 0 Å². The number of rotatable bonds is 4. The van der Waals surface area contributed by atoms with E-state index >= 15 is 0 Å². The minimum Gasteiger partial charge on any atom is -0.867 e. The monoisotopic (exact) mass is 339 g/mol. The van der Waals surface area contributed by atoms with E-state index in [2.05, 4.69) is 10.4 Å². The van der Waals surface area contributed by atoms with Gasteiger partial charge in [-0.25, -0.2) is 4.79 Å². The van der Waals surface area contributed by atoms with Gasteiger partial charge in [0.05, 0.1) is 11.1 Å². The predicted molar refractivity (Wildman–Crippen MR) is 79.2 cm³/mol. The summed E-state index contributed by atoms with van der Waals surface area (Å²) in [6.07, 6.45) is 1.26. The largest absolute Gasteiger partial charge is 0.867 e. The van der Waals surface area contributed by atoms with E-state index in [-0.39, 0.29) is 10.6 Å². The molecule has 0 radical (unpaired) electrons. The number of hydrogen-bond acceptors (Lipinski definition) is 6. The first-order chi connectivity index (χ1) is 10.7. The van der Waals surface area contributed by atoms with Gasteiger partial charge < -0.3 is 10.4 Å². The zero-order valence-electron chi connectivity index (χ0n) is 12.2. The van der Waals surface area contributed by atoms with Gasteiger partial charge in [-0.15, -0.1) is 5.01 Å². The number of nitrogens with zero attached hydrogens (tertiary/aromatic N) is 3. The molecule has 23 heavy (non-hydrogen) atoms. The second-order valence-electron chi connectivity index (χ2n) is 5.08. The minimum atomic E-state index is -1.07. The molecule has 0 bridgehead atoms. The lowest BCUT2D eigenvalue weighted by atomic mass is 10.00. The molecule has 1 heterocycles. The number of hydrogen-bond donors (Lipinski definition) is 1. The van der Waals surface area contributed by atoms with E-state index in [4.69, 9.17) is 11.6 Å². The lowest BCUT2D eigenvalue weighted by molar-refractivity contribution is -0.398. The first kappa shape index (κ1) is 16.7. The van der Waals surface area contributed by atoms with Crippen molar-refractivity contribution in [3.63, 3.8) is 0 Å². The number of nitro benzene ring substituents is 1. The Kier molecular flexibility index (Phi) is 4.24. The quantitative estimate of drug-likeness (QED) is 0.383. The van der Waals surface area contributed by atoms with Gasteiger partial charge in [-0.2, -0.15) is 5.10 Å². The minimum absolute atomic E-state index is 0.0339. The van der Waals surface area contributed by atoms with Crippen molar-refractivity contribution >= 4 is 35.4 Å². The standard InChI is InChI=1S/C13H13ClN4O5/c1-3-13(2)11(20)17(12(21)16-13)15-6-7-4-8(14)5-9(10(7)19)18(22)23/h4-6,19H,3H2,1-2H3,(H,16,21)/p-1/b15-6-/t13-/m0/s1. The third-order valence-electron chi connectivity index (χ3n) is 3.52. The van der Waals surface area contributed by atoms with Gasteiger partial charge in [0.25, 0.3) is 11.6 Å². The zero-order valence-corrected chi connectivity index (χ0v) is 13.0. The molecule has 1 aromatic carbocycles. The number of amides is 3. The Hall–Kier alpha value is -2.68. The van der Waals surface area contributed by atoms with Crippen LogP contribution in [0.4, 0.5) is 10.5 Å². The first-order valence-corrected chi connectivity index (χ1v) is 6.93. The summed E-state index contributed by atoms with van der Waals surface area (Å²) in [5.74, 6) is -1.49. The van der Waals surface area contributed by atoms with Gasteiger partial charge in [-0.05, 0) is 30.7 Å². The van der Waals surface area contributed by atoms with Crippen molar-refractivity contribution in [3.05, 3.63) is 32.8 Å². The number of halogens is 1. The van der Waals surface area contributed by atoms with Crippen molar-refractivity contribution in [1.29, 1.82) is 0 Å². The number of hydrazone groups is 1. The lowest BCUT2D eigenvalue weighted by Gasteiger charge is -2.17. The summed E-state index contributed by atoms with van der Waals surface area (Å²) in [4.78, 5) is 33.8. The van der Waals surface area contributed by atoms with Crippen LogP contribution in [0.15, 0.2) is 17.2 Å². The lowest BCUT2D eigenvalue weighted by Crippen LogP contribution is -2.42. The number of imide groups is 1. The molecular weight excluding hydrogens is 328 g/mol. The Balaban J connectivity index is 2.36. The maximum absolute atomic E-state index is 12.1. The molecule has 1 aliphatic rings. The maximum atomic E-state index is 12.1. The third kappa shape index (κ3) is 2.95. The highest BCUT2D eigenvalue weighted by Gasteiger charge is 2.46. The predicted octanol–water partition coefficient (Wildman–Crippen LogP) is 1.38. The maximum Gasteiger partial charge on any atom is 0.346 e. The fraction of sp³-hybridized carbons (Fsp3) is 0.308. The van der Waals surface area contributed by atoms with Gasteiger partial charge in [-0.1, -0.05) is 18.5 Å². The summed E-state index contributed by atoms with van der Waals surface area (Å²) >= 11 is 5.72. The molecule has 1 aromatic rings. The van der Waals surface area contributed by atoms with E-state index in [9.17, 15) is 24.8 Å². The van der Waals surface area contributed by atoms with Gasteiger partial charge in [0.2, 0.25) is 0 Å². The first-order valence-electron chi connectivity index (χ1n) is 6.55. The molecule has 1 N–H and O–H groups in total. The highest BCUT2D eigenvalue weighted by atomic mass is 35.5. The summed E-state index contributed by atoms with van der Waals surface area (Å²) in [6.45, 7) is 3.27. The van der Waals surface area contributed by atoms with Crippen LogP contribution in [0.1, 0.15) is 25.8 Å². The van der Waals surface area contributed by atoms with Crippen molar-refractivity contribution in [1.82, 2.24) is 10.3 Å². The molecule has 0 spiro atoms. The highest BCUT2D eigenvalue weighted by Crippen LogP contribution is 2.30. The number of urea groups is 1. The van der Waals surface area contributed by atoms with Crippen molar-refractivity contribution in [2.45, 2.75) is 25.8 Å². The average molecular weight is 340 g/mol. The van der Waals surface area contributed by atoms with E-state index in [0.29, 0.717) is 11.4 Å². The molecule has 0 unspecified atom stereocenters. The van der Waals surface area contributed by atoms with Crippen LogP contribution < -0.4 is 10.4 Å². The Labute approximate surface area is 135 Å². The summed E-state index contributed by atoms with van der Waals surface area (Å²) in [5.41, 5.74) is -1.99. The summed E-state index contributed by atoms with van der Waals surface area (Å²) in [7, 11) is 0. The average Bonchev–Trinajstić information content (AvgIpc) is 2.70. The highest BCUT2D eigenvalue weighted by molar-refractivity contribution is 6.31. The molecule has 1 atom stereocenters. The van der Waals surface area contributed by atoms with E-state index in [1.54, 1.807) is 13.8 Å². The molecule has 0 aromatic heterocycles. The van der Waals surface area contributed by atoms with Crippen LogP contribution in [0.25, 0.3) is 0 Å². The summed E-state index contributed by atoms with van der Waals surface area (Å²) < 4.78 is 0. The van der Waals surface area contributed by atoms with Gasteiger partial charge >= 0.3 is 6.03 Å². The Morgan fingerprint density at radius 2 is 2.13 bits per heavy atom. The van der Waals surface area contributed by atoms with Crippen LogP contribution in [0.2, 0.25) is 5.02 Å². The molecule has 1 aliphatic heterocycles. The smallest absolute Gasteiger partial charge is 0.346 e. The normalized spacial score (nSPS) is 21.1. The van der Waals surface area contributed by atoms with Crippen molar-refractivity contribution in [2.24, 2.45) is 5.10 Å². The van der Waals surface area contributed by atoms with Gasteiger partial charge in [-0.3, -0.25) is 14.9 Å². The molecular formula is C13H12ClN4O5-. The Bertz CT molecular complexity index is 735. The van der Waals surface area contributed by atoms with Crippen LogP contribution in [-0.2, 0) is 4.79 Å². The van der Waals surface area contributed by atoms with Crippen LogP contribution in [0.3, 0.4) is 0 Å². The number of nitrogens with one attached hydrogen (secondary N) is 1. The van der Waals surface area contributed by atoms with Gasteiger partial charge in [0, 0.05) is 11.1 Å². The topological polar surface area (TPSA) is 128 Å². The van der Waals surface area contributed by atoms with Crippen molar-refractivity contribution < 1.29 is 19.6 Å². The van der Waals surface area contributed by atoms with Crippen LogP contribution >= 0.6 is 11.6 Å². The summed E-state index contributed by atoms with van der Waals surface area (Å²) in [6, 6.07) is 1.35. The Morgan fingerprint density at radius 3 is 2.65 bits per heavy atom. The molecule has 10 heteroatoms. The van der Waals surface area contributed by atoms with E-state index in [1.807, 2.05) is 0 Å². The molecule has 122 valence electrons. The van der Waals surface area contributed by atoms with E-state index in [1.165, 1.54) is 0 Å². The number of carbonyl (C=O) groups is 2. The van der Waals surface area contributed by atoms with E-state index in [0.717, 1.165) is 18.3 Å². The molecule has 3 amide bonds. The van der Waals surface area contributed by atoms with Crippen molar-refractivity contribution in [3.8, 4) is 5.75 Å². The van der Waals surface area contributed by atoms with E-state index < -0.39 is 33.8 Å². The Morgan fingerprint density at radius 1 is 1.48 bits per heavy atom. The number of benzene rings is 1. The van der Waals surface area contributed by atoms with Gasteiger partial charge in [0.15, 0.2) is 0 Å². The molecule has 2 rings (SSSR count). The van der Waals surface area contributed by atoms with Crippen LogP contribution in [-0.4, -0.2) is 33.6 Å². The fourth-order valence-corrected chi connectivity index (χ4v) is 2.19. The molecule has 9 nitrogen and oxygen atoms in total.